The predicted octanol–water partition coefficient (Wildman–Crippen LogP) is 3.26. The summed E-state index contributed by atoms with van der Waals surface area (Å²) in [6, 6.07) is 8.54. The maximum absolute atomic E-state index is 12.3. The number of thioether (sulfide) groups is 1. The molecule has 0 radical (unpaired) electrons. The van der Waals surface area contributed by atoms with Gasteiger partial charge < -0.3 is 10.2 Å². The van der Waals surface area contributed by atoms with Gasteiger partial charge in [0.25, 0.3) is 0 Å². The van der Waals surface area contributed by atoms with E-state index < -0.39 is 0 Å². The Bertz CT molecular complexity index is 698. The second-order valence-electron chi connectivity index (χ2n) is 6.64. The fraction of sp³-hybridized carbons (Fsp3) is 0.474. The number of amidine groups is 1. The summed E-state index contributed by atoms with van der Waals surface area (Å²) < 4.78 is 0. The Hall–Kier alpha value is -1.75. The number of rotatable bonds is 5. The molecule has 0 saturated carbocycles. The Labute approximate surface area is 147 Å². The predicted molar refractivity (Wildman–Crippen MR) is 99.0 cm³/mol. The number of aliphatic imine (C=N–C) groups is 1. The number of fused-ring (bicyclic) bond motifs is 2. The molecule has 0 spiro atoms. The molecule has 1 N–H and O–H groups in total. The van der Waals surface area contributed by atoms with Crippen LogP contribution in [0.1, 0.15) is 42.7 Å². The second kappa shape index (κ2) is 7.01. The smallest absolute Gasteiger partial charge is 0.220 e. The number of hydrogen-bond donors (Lipinski definition) is 1. The van der Waals surface area contributed by atoms with Gasteiger partial charge in [-0.2, -0.15) is 0 Å². The van der Waals surface area contributed by atoms with E-state index in [0.717, 1.165) is 43.9 Å². The average molecular weight is 341 g/mol. The zero-order valence-corrected chi connectivity index (χ0v) is 14.6. The number of carbonyl (C=O) groups is 1. The lowest BCUT2D eigenvalue weighted by Gasteiger charge is -2.25. The van der Waals surface area contributed by atoms with Crippen LogP contribution in [0.3, 0.4) is 0 Å². The van der Waals surface area contributed by atoms with Gasteiger partial charge in [-0.05, 0) is 41.7 Å². The number of amides is 1. The van der Waals surface area contributed by atoms with Crippen molar-refractivity contribution in [3.8, 4) is 0 Å². The van der Waals surface area contributed by atoms with Crippen molar-refractivity contribution in [3.05, 3.63) is 46.5 Å². The van der Waals surface area contributed by atoms with E-state index in [2.05, 4.69) is 44.9 Å². The average Bonchev–Trinajstić information content (AvgIpc) is 3.20. The van der Waals surface area contributed by atoms with Crippen molar-refractivity contribution in [2.75, 3.05) is 19.6 Å². The maximum Gasteiger partial charge on any atom is 0.220 e. The third-order valence-corrected chi connectivity index (χ3v) is 6.01. The molecule has 1 aliphatic carbocycles. The number of hydrogen-bond acceptors (Lipinski definition) is 4. The molecule has 3 aliphatic rings. The lowest BCUT2D eigenvalue weighted by atomic mass is 9.97. The third kappa shape index (κ3) is 3.22. The Morgan fingerprint density at radius 1 is 1.38 bits per heavy atom. The molecule has 0 bridgehead atoms. The van der Waals surface area contributed by atoms with Gasteiger partial charge in [0.05, 0.1) is 0 Å². The van der Waals surface area contributed by atoms with Gasteiger partial charge in [0.1, 0.15) is 0 Å². The highest BCUT2D eigenvalue weighted by Crippen LogP contribution is 2.35. The highest BCUT2D eigenvalue weighted by Gasteiger charge is 2.26. The van der Waals surface area contributed by atoms with E-state index in [9.17, 15) is 4.79 Å². The minimum atomic E-state index is 0.176. The van der Waals surface area contributed by atoms with Crippen LogP contribution in [0.25, 0.3) is 0 Å². The third-order valence-electron chi connectivity index (χ3n) is 5.06. The second-order valence-corrected chi connectivity index (χ2v) is 7.47. The maximum atomic E-state index is 12.3. The normalized spacial score (nSPS) is 21.8. The Kier molecular flexibility index (Phi) is 4.60. The first-order chi connectivity index (χ1) is 11.8. The molecule has 5 heteroatoms. The van der Waals surface area contributed by atoms with Crippen LogP contribution in [0.4, 0.5) is 0 Å². The van der Waals surface area contributed by atoms with Crippen LogP contribution in [0.5, 0.6) is 0 Å². The Morgan fingerprint density at radius 2 is 2.29 bits per heavy atom. The highest BCUT2D eigenvalue weighted by molar-refractivity contribution is 8.16. The van der Waals surface area contributed by atoms with Crippen molar-refractivity contribution in [1.82, 2.24) is 10.2 Å². The van der Waals surface area contributed by atoms with Gasteiger partial charge in [0.15, 0.2) is 5.17 Å². The Morgan fingerprint density at radius 3 is 3.25 bits per heavy atom. The van der Waals surface area contributed by atoms with E-state index in [1.54, 1.807) is 11.8 Å². The van der Waals surface area contributed by atoms with Crippen LogP contribution in [-0.2, 0) is 11.2 Å². The van der Waals surface area contributed by atoms with Crippen molar-refractivity contribution in [3.63, 3.8) is 0 Å². The molecule has 4 rings (SSSR count). The molecule has 0 saturated heterocycles. The van der Waals surface area contributed by atoms with Crippen LogP contribution >= 0.6 is 11.8 Å². The summed E-state index contributed by atoms with van der Waals surface area (Å²) >= 11 is 1.71. The summed E-state index contributed by atoms with van der Waals surface area (Å²) in [6.07, 6.45) is 4.83. The number of nitrogens with one attached hydrogen (secondary N) is 1. The van der Waals surface area contributed by atoms with Crippen molar-refractivity contribution in [1.29, 1.82) is 0 Å². The molecule has 0 fully saturated rings. The van der Waals surface area contributed by atoms with Gasteiger partial charge in [-0.25, -0.2) is 0 Å². The summed E-state index contributed by atoms with van der Waals surface area (Å²) in [4.78, 5) is 19.1. The van der Waals surface area contributed by atoms with E-state index in [0.29, 0.717) is 18.9 Å². The lowest BCUT2D eigenvalue weighted by molar-refractivity contribution is -0.121. The van der Waals surface area contributed by atoms with Crippen molar-refractivity contribution in [2.45, 2.75) is 38.0 Å². The molecule has 1 unspecified atom stereocenters. The van der Waals surface area contributed by atoms with Crippen molar-refractivity contribution < 1.29 is 4.79 Å². The highest BCUT2D eigenvalue weighted by atomic mass is 32.2. The first-order valence-corrected chi connectivity index (χ1v) is 9.71. The van der Waals surface area contributed by atoms with E-state index in [1.165, 1.54) is 16.8 Å². The summed E-state index contributed by atoms with van der Waals surface area (Å²) in [5.74, 6) is 0.568. The minimum Gasteiger partial charge on any atom is -0.356 e. The SMILES string of the molecule is O=C(CC1CCc2ccccc21)NCCC1=CSC2=NCCCN12. The molecular formula is C19H23N3OS. The van der Waals surface area contributed by atoms with Crippen LogP contribution in [0, 0.1) is 0 Å². The topological polar surface area (TPSA) is 44.7 Å². The Balaban J connectivity index is 1.25. The monoisotopic (exact) mass is 341 g/mol. The molecule has 1 amide bonds. The fourth-order valence-electron chi connectivity index (χ4n) is 3.81. The summed E-state index contributed by atoms with van der Waals surface area (Å²) in [5, 5.41) is 6.42. The fourth-order valence-corrected chi connectivity index (χ4v) is 4.80. The van der Waals surface area contributed by atoms with Gasteiger partial charge >= 0.3 is 0 Å². The van der Waals surface area contributed by atoms with Crippen molar-refractivity contribution in [2.24, 2.45) is 4.99 Å². The molecule has 2 aliphatic heterocycles. The molecule has 1 aromatic carbocycles. The van der Waals surface area contributed by atoms with Crippen LogP contribution < -0.4 is 5.32 Å². The van der Waals surface area contributed by atoms with Gasteiger partial charge in [-0.15, -0.1) is 0 Å². The van der Waals surface area contributed by atoms with E-state index in [4.69, 9.17) is 0 Å². The zero-order valence-electron chi connectivity index (χ0n) is 13.8. The van der Waals surface area contributed by atoms with Gasteiger partial charge in [0, 0.05) is 38.2 Å². The van der Waals surface area contributed by atoms with E-state index in [-0.39, 0.29) is 5.91 Å². The van der Waals surface area contributed by atoms with Crippen molar-refractivity contribution >= 4 is 22.8 Å². The van der Waals surface area contributed by atoms with Gasteiger partial charge in [-0.1, -0.05) is 36.0 Å². The first kappa shape index (κ1) is 15.8. The molecule has 126 valence electrons. The zero-order chi connectivity index (χ0) is 16.4. The summed E-state index contributed by atoms with van der Waals surface area (Å²) in [5.41, 5.74) is 4.09. The molecule has 24 heavy (non-hydrogen) atoms. The van der Waals surface area contributed by atoms with E-state index in [1.807, 2.05) is 0 Å². The number of benzene rings is 1. The lowest BCUT2D eigenvalue weighted by Crippen LogP contribution is -2.32. The minimum absolute atomic E-state index is 0.176. The number of nitrogens with zero attached hydrogens (tertiary/aromatic N) is 2. The first-order valence-electron chi connectivity index (χ1n) is 8.83. The number of aryl methyl sites for hydroxylation is 1. The molecule has 1 aromatic rings. The molecular weight excluding hydrogens is 318 g/mol. The molecule has 0 aromatic heterocycles. The molecule has 4 nitrogen and oxygen atoms in total. The quantitative estimate of drug-likeness (QED) is 0.894. The van der Waals surface area contributed by atoms with Crippen LogP contribution in [0.2, 0.25) is 0 Å². The largest absolute Gasteiger partial charge is 0.356 e. The summed E-state index contributed by atoms with van der Waals surface area (Å²) in [7, 11) is 0. The van der Waals surface area contributed by atoms with E-state index >= 15 is 0 Å². The standard InChI is InChI=1S/C19H23N3OS/c23-18(12-15-7-6-14-4-1-2-5-17(14)15)20-10-8-16-13-24-19-21-9-3-11-22(16)19/h1-2,4-5,13,15H,3,6-12H2,(H,20,23). The van der Waals surface area contributed by atoms with Gasteiger partial charge in [0.2, 0.25) is 5.91 Å². The molecule has 1 atom stereocenters. The van der Waals surface area contributed by atoms with Crippen LogP contribution in [-0.4, -0.2) is 35.6 Å². The van der Waals surface area contributed by atoms with Crippen LogP contribution in [0.15, 0.2) is 40.4 Å². The summed E-state index contributed by atoms with van der Waals surface area (Å²) in [6.45, 7) is 2.72. The number of carbonyl (C=O) groups excluding carboxylic acids is 1. The van der Waals surface area contributed by atoms with Gasteiger partial charge in [-0.3, -0.25) is 9.79 Å². The molecule has 2 heterocycles.